The van der Waals surface area contributed by atoms with Crippen LogP contribution in [0.25, 0.3) is 0 Å². The number of benzene rings is 1. The van der Waals surface area contributed by atoms with Gasteiger partial charge in [-0.2, -0.15) is 0 Å². The number of hydrogen-bond donors (Lipinski definition) is 1. The molecule has 0 bridgehead atoms. The van der Waals surface area contributed by atoms with E-state index in [-0.39, 0.29) is 41.5 Å². The van der Waals surface area contributed by atoms with Gasteiger partial charge in [-0.1, -0.05) is 29.4 Å². The van der Waals surface area contributed by atoms with E-state index in [1.54, 1.807) is 19.4 Å². The third-order valence-corrected chi connectivity index (χ3v) is 6.36. The lowest BCUT2D eigenvalue weighted by atomic mass is 9.72. The van der Waals surface area contributed by atoms with Crippen molar-refractivity contribution >= 4 is 5.78 Å². The Morgan fingerprint density at radius 2 is 2.06 bits per heavy atom. The molecule has 1 aliphatic rings. The molecule has 1 aliphatic carbocycles. The highest BCUT2D eigenvalue weighted by molar-refractivity contribution is 6.03. The van der Waals surface area contributed by atoms with E-state index in [9.17, 15) is 9.90 Å². The zero-order valence-corrected chi connectivity index (χ0v) is 21.7. The van der Waals surface area contributed by atoms with Crippen LogP contribution >= 0.6 is 0 Å². The number of aromatic hydroxyl groups is 1. The van der Waals surface area contributed by atoms with Crippen molar-refractivity contribution in [3.63, 3.8) is 0 Å². The summed E-state index contributed by atoms with van der Waals surface area (Å²) in [5.74, 6) is -0.130. The summed E-state index contributed by atoms with van der Waals surface area (Å²) in [4.78, 5) is 18.3. The van der Waals surface area contributed by atoms with E-state index in [4.69, 9.17) is 18.9 Å². The van der Waals surface area contributed by atoms with Gasteiger partial charge < -0.3 is 24.1 Å². The maximum Gasteiger partial charge on any atom is 0.189 e. The van der Waals surface area contributed by atoms with Crippen LogP contribution in [0.5, 0.6) is 17.2 Å². The van der Waals surface area contributed by atoms with Crippen LogP contribution in [0, 0.1) is 5.92 Å². The molecule has 7 heteroatoms. The molecule has 2 atom stereocenters. The van der Waals surface area contributed by atoms with Crippen LogP contribution in [-0.4, -0.2) is 50.1 Å². The van der Waals surface area contributed by atoms with Crippen molar-refractivity contribution in [2.75, 3.05) is 34.2 Å². The number of aromatic nitrogens is 1. The van der Waals surface area contributed by atoms with Gasteiger partial charge in [0.15, 0.2) is 12.6 Å². The number of nitrogens with zero attached hydrogens (tertiary/aromatic N) is 1. The van der Waals surface area contributed by atoms with E-state index in [1.807, 2.05) is 18.3 Å². The van der Waals surface area contributed by atoms with Gasteiger partial charge >= 0.3 is 0 Å². The molecule has 0 fully saturated rings. The average Bonchev–Trinajstić information content (AvgIpc) is 2.88. The van der Waals surface area contributed by atoms with Gasteiger partial charge in [0.05, 0.1) is 20.3 Å². The normalized spacial score (nSPS) is 17.3. The Balaban J connectivity index is 1.90. The van der Waals surface area contributed by atoms with Crippen molar-refractivity contribution in [2.24, 2.45) is 5.92 Å². The van der Waals surface area contributed by atoms with E-state index >= 15 is 0 Å². The number of phenolic OH excluding ortho intramolecular Hbond substituents is 1. The molecular weight excluding hydrogens is 458 g/mol. The Morgan fingerprint density at radius 3 is 2.75 bits per heavy atom. The molecule has 0 saturated heterocycles. The van der Waals surface area contributed by atoms with E-state index in [1.165, 1.54) is 24.3 Å². The van der Waals surface area contributed by atoms with Gasteiger partial charge in [-0.05, 0) is 57.1 Å². The van der Waals surface area contributed by atoms with Crippen LogP contribution in [0.1, 0.15) is 61.4 Å². The Morgan fingerprint density at radius 1 is 1.22 bits per heavy atom. The first-order chi connectivity index (χ1) is 17.4. The van der Waals surface area contributed by atoms with Crippen molar-refractivity contribution < 1.29 is 28.8 Å². The van der Waals surface area contributed by atoms with Crippen molar-refractivity contribution in [2.45, 2.75) is 45.4 Å². The fraction of sp³-hybridized carbons (Fsp3) is 0.448. The second kappa shape index (κ2) is 13.8. The summed E-state index contributed by atoms with van der Waals surface area (Å²) < 4.78 is 21.5. The molecule has 194 valence electrons. The van der Waals surface area contributed by atoms with Gasteiger partial charge in [0.25, 0.3) is 0 Å². The molecule has 0 amide bonds. The minimum absolute atomic E-state index is 0.0507. The van der Waals surface area contributed by atoms with Gasteiger partial charge in [-0.3, -0.25) is 9.78 Å². The number of ether oxygens (including phenoxy) is 4. The van der Waals surface area contributed by atoms with Crippen molar-refractivity contribution in [3.8, 4) is 17.2 Å². The summed E-state index contributed by atoms with van der Waals surface area (Å²) in [6.07, 6.45) is 11.3. The van der Waals surface area contributed by atoms with Crippen LogP contribution in [0.3, 0.4) is 0 Å². The largest absolute Gasteiger partial charge is 0.507 e. The number of rotatable bonds is 13. The number of allylic oxidation sites excluding steroid dienone is 4. The van der Waals surface area contributed by atoms with Crippen LogP contribution in [0.4, 0.5) is 0 Å². The molecule has 1 N–H and O–H groups in total. The SMILES string of the molecule is COCCOCOc1cc(OC)cc(O)c1C(=O)[C@@H]1CC=C(CCC=C(C)C)C[C@H]1c1cccnc1. The maximum absolute atomic E-state index is 14.0. The molecule has 0 aliphatic heterocycles. The molecule has 2 aromatic rings. The van der Waals surface area contributed by atoms with Gasteiger partial charge in [-0.25, -0.2) is 0 Å². The first-order valence-electron chi connectivity index (χ1n) is 12.3. The highest BCUT2D eigenvalue weighted by Crippen LogP contribution is 2.44. The molecule has 0 spiro atoms. The fourth-order valence-corrected chi connectivity index (χ4v) is 4.50. The zero-order valence-electron chi connectivity index (χ0n) is 21.7. The second-order valence-electron chi connectivity index (χ2n) is 9.17. The summed E-state index contributed by atoms with van der Waals surface area (Å²) in [5, 5.41) is 10.8. The van der Waals surface area contributed by atoms with Crippen LogP contribution in [0.15, 0.2) is 60.0 Å². The maximum atomic E-state index is 14.0. The van der Waals surface area contributed by atoms with Crippen LogP contribution < -0.4 is 9.47 Å². The Labute approximate surface area is 213 Å². The summed E-state index contributed by atoms with van der Waals surface area (Å²) >= 11 is 0. The molecule has 7 nitrogen and oxygen atoms in total. The Bertz CT molecular complexity index is 1060. The minimum Gasteiger partial charge on any atom is -0.507 e. The number of hydrogen-bond acceptors (Lipinski definition) is 7. The number of pyridine rings is 1. The minimum atomic E-state index is -0.363. The second-order valence-corrected chi connectivity index (χ2v) is 9.17. The van der Waals surface area contributed by atoms with Crippen molar-refractivity contribution in [3.05, 3.63) is 71.1 Å². The fourth-order valence-electron chi connectivity index (χ4n) is 4.50. The summed E-state index contributed by atoms with van der Waals surface area (Å²) in [5.41, 5.74) is 3.80. The third-order valence-electron chi connectivity index (χ3n) is 6.36. The van der Waals surface area contributed by atoms with Crippen LogP contribution in [-0.2, 0) is 9.47 Å². The number of Topliss-reactive ketones (excluding diaryl/α,β-unsaturated/α-hetero) is 1. The summed E-state index contributed by atoms with van der Waals surface area (Å²) in [6, 6.07) is 6.96. The van der Waals surface area contributed by atoms with E-state index < -0.39 is 0 Å². The van der Waals surface area contributed by atoms with Gasteiger partial charge in [0, 0.05) is 37.6 Å². The molecule has 0 radical (unpaired) electrons. The van der Waals surface area contributed by atoms with E-state index in [2.05, 4.69) is 31.0 Å². The zero-order chi connectivity index (χ0) is 25.9. The molecule has 3 rings (SSSR count). The first kappa shape index (κ1) is 27.4. The standard InChI is InChI=1S/C29H37NO6/c1-20(2)7-5-8-21-10-11-24(25(15-21)22-9-6-12-30-18-22)29(32)28-26(31)16-23(34-4)17-27(28)36-19-35-14-13-33-3/h6-7,9-10,12,16-18,24-25,31H,5,8,11,13-15,19H2,1-4H3/t24-,25+/m1/s1. The topological polar surface area (TPSA) is 87.1 Å². The summed E-state index contributed by atoms with van der Waals surface area (Å²) in [7, 11) is 3.08. The lowest BCUT2D eigenvalue weighted by Crippen LogP contribution is -2.26. The monoisotopic (exact) mass is 495 g/mol. The molecule has 1 aromatic carbocycles. The number of carbonyl (C=O) groups is 1. The van der Waals surface area contributed by atoms with Gasteiger partial charge in [0.1, 0.15) is 22.8 Å². The van der Waals surface area contributed by atoms with Crippen LogP contribution in [0.2, 0.25) is 0 Å². The highest BCUT2D eigenvalue weighted by Gasteiger charge is 2.36. The van der Waals surface area contributed by atoms with E-state index in [0.29, 0.717) is 25.4 Å². The first-order valence-corrected chi connectivity index (χ1v) is 12.3. The van der Waals surface area contributed by atoms with Crippen molar-refractivity contribution in [1.29, 1.82) is 0 Å². The highest BCUT2D eigenvalue weighted by atomic mass is 16.7. The smallest absolute Gasteiger partial charge is 0.189 e. The summed E-state index contributed by atoms with van der Waals surface area (Å²) in [6.45, 7) is 4.90. The van der Waals surface area contributed by atoms with Crippen molar-refractivity contribution in [1.82, 2.24) is 4.98 Å². The Hall–Kier alpha value is -3.16. The molecule has 1 aromatic heterocycles. The molecular formula is C29H37NO6. The lowest BCUT2D eigenvalue weighted by molar-refractivity contribution is -0.00895. The number of phenols is 1. The predicted molar refractivity (Wildman–Crippen MR) is 139 cm³/mol. The molecule has 1 heterocycles. The average molecular weight is 496 g/mol. The quantitative estimate of drug-likeness (QED) is 0.162. The van der Waals surface area contributed by atoms with Gasteiger partial charge in [0.2, 0.25) is 0 Å². The lowest BCUT2D eigenvalue weighted by Gasteiger charge is -2.31. The number of carbonyl (C=O) groups excluding carboxylic acids is 1. The molecule has 36 heavy (non-hydrogen) atoms. The molecule has 0 saturated carbocycles. The number of ketones is 1. The number of methoxy groups -OCH3 is 2. The van der Waals surface area contributed by atoms with E-state index in [0.717, 1.165) is 24.8 Å². The Kier molecular flexibility index (Phi) is 10.5. The van der Waals surface area contributed by atoms with Gasteiger partial charge in [-0.15, -0.1) is 0 Å². The third kappa shape index (κ3) is 7.42. The predicted octanol–water partition coefficient (Wildman–Crippen LogP) is 5.84. The molecule has 0 unspecified atom stereocenters.